The van der Waals surface area contributed by atoms with Gasteiger partial charge in [-0.15, -0.1) is 0 Å². The third kappa shape index (κ3) is 2.33. The van der Waals surface area contributed by atoms with Gasteiger partial charge in [0.2, 0.25) is 0 Å². The molecular weight excluding hydrogens is 272 g/mol. The van der Waals surface area contributed by atoms with E-state index in [1.165, 1.54) is 0 Å². The molecule has 4 nitrogen and oxygen atoms in total. The number of hydrogen-bond acceptors (Lipinski definition) is 3. The Hall–Kier alpha value is -1.75. The number of ether oxygens (including phenoxy) is 2. The van der Waals surface area contributed by atoms with Gasteiger partial charge in [0.25, 0.3) is 0 Å². The van der Waals surface area contributed by atoms with E-state index in [4.69, 9.17) is 21.7 Å². The van der Waals surface area contributed by atoms with Gasteiger partial charge in [0.1, 0.15) is 0 Å². The number of aromatic nitrogens is 2. The molecule has 0 bridgehead atoms. The first-order valence-corrected chi connectivity index (χ1v) is 7.28. The highest BCUT2D eigenvalue weighted by Gasteiger charge is 2.14. The lowest BCUT2D eigenvalue weighted by atomic mass is 10.1. The van der Waals surface area contributed by atoms with Crippen LogP contribution >= 0.6 is 12.2 Å². The summed E-state index contributed by atoms with van der Waals surface area (Å²) >= 11 is 5.39. The predicted octanol–water partition coefficient (Wildman–Crippen LogP) is 3.82. The van der Waals surface area contributed by atoms with Crippen molar-refractivity contribution in [3.8, 4) is 17.2 Å². The second kappa shape index (κ2) is 5.32. The van der Waals surface area contributed by atoms with E-state index < -0.39 is 0 Å². The Kier molecular flexibility index (Phi) is 3.53. The summed E-state index contributed by atoms with van der Waals surface area (Å²) < 4.78 is 14.2. The minimum absolute atomic E-state index is 0.388. The van der Waals surface area contributed by atoms with Crippen molar-refractivity contribution < 1.29 is 9.47 Å². The number of hydrogen-bond donors (Lipinski definition) is 1. The molecule has 106 valence electrons. The van der Waals surface area contributed by atoms with Gasteiger partial charge in [-0.05, 0) is 30.3 Å². The quantitative estimate of drug-likeness (QED) is 0.855. The molecule has 0 saturated carbocycles. The molecule has 1 aliphatic heterocycles. The molecule has 2 heterocycles. The van der Waals surface area contributed by atoms with Crippen LogP contribution in [0, 0.1) is 4.77 Å². The summed E-state index contributed by atoms with van der Waals surface area (Å²) in [4.78, 5) is 3.12. The van der Waals surface area contributed by atoms with E-state index in [2.05, 4.69) is 23.4 Å². The molecule has 5 heteroatoms. The van der Waals surface area contributed by atoms with Crippen molar-refractivity contribution in [3.05, 3.63) is 34.9 Å². The summed E-state index contributed by atoms with van der Waals surface area (Å²) in [6, 6.07) is 5.97. The van der Waals surface area contributed by atoms with E-state index in [0.717, 1.165) is 29.3 Å². The van der Waals surface area contributed by atoms with Gasteiger partial charge in [-0.1, -0.05) is 13.8 Å². The van der Waals surface area contributed by atoms with Crippen LogP contribution in [0.5, 0.6) is 11.5 Å². The first-order valence-electron chi connectivity index (χ1n) is 6.87. The molecule has 0 aliphatic carbocycles. The van der Waals surface area contributed by atoms with Crippen molar-refractivity contribution in [2.75, 3.05) is 13.2 Å². The SMILES string of the molecule is CC(C)c1c[nH]c(=S)n1-c1ccc2c(c1)OCCCO2. The van der Waals surface area contributed by atoms with Crippen molar-refractivity contribution >= 4 is 12.2 Å². The number of benzene rings is 1. The molecule has 0 unspecified atom stereocenters. The molecule has 2 aromatic rings. The minimum atomic E-state index is 0.388. The minimum Gasteiger partial charge on any atom is -0.490 e. The van der Waals surface area contributed by atoms with Gasteiger partial charge >= 0.3 is 0 Å². The molecular formula is C15H18N2O2S. The Labute approximate surface area is 123 Å². The highest BCUT2D eigenvalue weighted by molar-refractivity contribution is 7.71. The molecule has 20 heavy (non-hydrogen) atoms. The highest BCUT2D eigenvalue weighted by Crippen LogP contribution is 2.32. The molecule has 3 rings (SSSR count). The van der Waals surface area contributed by atoms with E-state index in [-0.39, 0.29) is 0 Å². The Bertz CT molecular complexity index is 673. The van der Waals surface area contributed by atoms with Crippen LogP contribution in [-0.2, 0) is 0 Å². The molecule has 1 N–H and O–H groups in total. The summed E-state index contributed by atoms with van der Waals surface area (Å²) in [6.07, 6.45) is 2.88. The van der Waals surface area contributed by atoms with Crippen molar-refractivity contribution in [1.82, 2.24) is 9.55 Å². The lowest BCUT2D eigenvalue weighted by Gasteiger charge is -2.13. The number of nitrogens with zero attached hydrogens (tertiary/aromatic N) is 1. The van der Waals surface area contributed by atoms with Gasteiger partial charge < -0.3 is 14.5 Å². The first kappa shape index (κ1) is 13.2. The molecule has 0 radical (unpaired) electrons. The van der Waals surface area contributed by atoms with Crippen molar-refractivity contribution in [2.24, 2.45) is 0 Å². The fourth-order valence-corrected chi connectivity index (χ4v) is 2.63. The molecule has 1 aromatic heterocycles. The maximum Gasteiger partial charge on any atom is 0.182 e. The van der Waals surface area contributed by atoms with E-state index >= 15 is 0 Å². The summed E-state index contributed by atoms with van der Waals surface area (Å²) in [5, 5.41) is 0. The molecule has 0 saturated heterocycles. The number of rotatable bonds is 2. The molecule has 1 aliphatic rings. The largest absolute Gasteiger partial charge is 0.490 e. The lowest BCUT2D eigenvalue weighted by Crippen LogP contribution is -2.02. The number of H-pyrrole nitrogens is 1. The average Bonchev–Trinajstić information content (AvgIpc) is 2.68. The fourth-order valence-electron chi connectivity index (χ4n) is 2.36. The monoisotopic (exact) mass is 290 g/mol. The topological polar surface area (TPSA) is 39.2 Å². The van der Waals surface area contributed by atoms with Crippen LogP contribution < -0.4 is 9.47 Å². The molecule has 0 spiro atoms. The fraction of sp³-hybridized carbons (Fsp3) is 0.400. The average molecular weight is 290 g/mol. The predicted molar refractivity (Wildman–Crippen MR) is 80.6 cm³/mol. The Morgan fingerprint density at radius 2 is 1.95 bits per heavy atom. The third-order valence-electron chi connectivity index (χ3n) is 3.39. The zero-order valence-electron chi connectivity index (χ0n) is 11.7. The second-order valence-corrected chi connectivity index (χ2v) is 5.58. The van der Waals surface area contributed by atoms with E-state index in [0.29, 0.717) is 23.9 Å². The van der Waals surface area contributed by atoms with Gasteiger partial charge in [0.05, 0.1) is 18.9 Å². The Morgan fingerprint density at radius 1 is 1.20 bits per heavy atom. The summed E-state index contributed by atoms with van der Waals surface area (Å²) in [5.74, 6) is 1.98. The zero-order chi connectivity index (χ0) is 14.1. The van der Waals surface area contributed by atoms with Crippen molar-refractivity contribution in [2.45, 2.75) is 26.2 Å². The second-order valence-electron chi connectivity index (χ2n) is 5.19. The lowest BCUT2D eigenvalue weighted by molar-refractivity contribution is 0.297. The number of aromatic amines is 1. The Morgan fingerprint density at radius 3 is 2.70 bits per heavy atom. The van der Waals surface area contributed by atoms with Crippen LogP contribution in [0.3, 0.4) is 0 Å². The molecule has 1 aromatic carbocycles. The van der Waals surface area contributed by atoms with Crippen LogP contribution in [0.15, 0.2) is 24.4 Å². The maximum absolute atomic E-state index is 5.74. The number of nitrogens with one attached hydrogen (secondary N) is 1. The summed E-state index contributed by atoms with van der Waals surface area (Å²) in [7, 11) is 0. The van der Waals surface area contributed by atoms with Crippen LogP contribution in [0.2, 0.25) is 0 Å². The molecule has 0 fully saturated rings. The first-order chi connectivity index (χ1) is 9.66. The maximum atomic E-state index is 5.74. The van der Waals surface area contributed by atoms with Crippen LogP contribution in [-0.4, -0.2) is 22.8 Å². The smallest absolute Gasteiger partial charge is 0.182 e. The number of imidazole rings is 1. The standard InChI is InChI=1S/C15H18N2O2S/c1-10(2)12-9-16-15(20)17(12)11-4-5-13-14(8-11)19-7-3-6-18-13/h4-5,8-10H,3,6-7H2,1-2H3,(H,16,20). The zero-order valence-corrected chi connectivity index (χ0v) is 12.5. The van der Waals surface area contributed by atoms with Crippen LogP contribution in [0.4, 0.5) is 0 Å². The van der Waals surface area contributed by atoms with Gasteiger partial charge in [-0.3, -0.25) is 4.57 Å². The van der Waals surface area contributed by atoms with E-state index in [1.54, 1.807) is 0 Å². The molecule has 0 atom stereocenters. The normalized spacial score (nSPS) is 14.3. The van der Waals surface area contributed by atoms with E-state index in [9.17, 15) is 0 Å². The highest BCUT2D eigenvalue weighted by atomic mass is 32.1. The summed E-state index contributed by atoms with van der Waals surface area (Å²) in [5.41, 5.74) is 2.16. The molecule has 0 amide bonds. The van der Waals surface area contributed by atoms with E-state index in [1.807, 2.05) is 24.4 Å². The van der Waals surface area contributed by atoms with Crippen LogP contribution in [0.25, 0.3) is 5.69 Å². The summed E-state index contributed by atoms with van der Waals surface area (Å²) in [6.45, 7) is 5.69. The Balaban J connectivity index is 2.09. The van der Waals surface area contributed by atoms with Crippen LogP contribution in [0.1, 0.15) is 31.9 Å². The van der Waals surface area contributed by atoms with Crippen molar-refractivity contribution in [3.63, 3.8) is 0 Å². The van der Waals surface area contributed by atoms with Gasteiger partial charge in [0.15, 0.2) is 16.3 Å². The third-order valence-corrected chi connectivity index (χ3v) is 3.69. The van der Waals surface area contributed by atoms with Gasteiger partial charge in [-0.2, -0.15) is 0 Å². The van der Waals surface area contributed by atoms with Crippen molar-refractivity contribution in [1.29, 1.82) is 0 Å². The van der Waals surface area contributed by atoms with Gasteiger partial charge in [-0.25, -0.2) is 0 Å². The van der Waals surface area contributed by atoms with Gasteiger partial charge in [0, 0.05) is 24.4 Å². The number of fused-ring (bicyclic) bond motifs is 1.